The van der Waals surface area contributed by atoms with Crippen LogP contribution in [0.3, 0.4) is 0 Å². The third-order valence-corrected chi connectivity index (χ3v) is 3.27. The highest BCUT2D eigenvalue weighted by molar-refractivity contribution is 5.97. The molecule has 0 aromatic heterocycles. The van der Waals surface area contributed by atoms with Gasteiger partial charge in [-0.2, -0.15) is 0 Å². The van der Waals surface area contributed by atoms with Crippen molar-refractivity contribution in [2.75, 3.05) is 0 Å². The minimum Gasteiger partial charge on any atom is -0.294 e. The molecule has 1 aromatic rings. The molecule has 93 valence electrons. The van der Waals surface area contributed by atoms with Crippen LogP contribution in [0.4, 0.5) is 0 Å². The highest BCUT2D eigenvalue weighted by atomic mass is 16.1. The Kier molecular flexibility index (Phi) is 6.61. The van der Waals surface area contributed by atoms with Crippen molar-refractivity contribution in [1.82, 2.24) is 0 Å². The third kappa shape index (κ3) is 4.72. The van der Waals surface area contributed by atoms with Gasteiger partial charge in [0.15, 0.2) is 5.78 Å². The third-order valence-electron chi connectivity index (χ3n) is 3.27. The van der Waals surface area contributed by atoms with E-state index in [1.165, 1.54) is 25.7 Å². The lowest BCUT2D eigenvalue weighted by atomic mass is 9.90. The van der Waals surface area contributed by atoms with Gasteiger partial charge in [0.25, 0.3) is 0 Å². The zero-order valence-electron chi connectivity index (χ0n) is 11.0. The van der Waals surface area contributed by atoms with Crippen LogP contribution in [-0.4, -0.2) is 5.78 Å². The Morgan fingerprint density at radius 1 is 1.18 bits per heavy atom. The second-order valence-corrected chi connectivity index (χ2v) is 4.61. The highest BCUT2D eigenvalue weighted by Crippen LogP contribution is 2.19. The molecule has 17 heavy (non-hydrogen) atoms. The van der Waals surface area contributed by atoms with Crippen molar-refractivity contribution < 1.29 is 4.79 Å². The first-order valence-electron chi connectivity index (χ1n) is 6.79. The molecule has 0 aliphatic carbocycles. The number of hydrogen-bond donors (Lipinski definition) is 0. The average Bonchev–Trinajstić information content (AvgIpc) is 2.39. The van der Waals surface area contributed by atoms with E-state index in [9.17, 15) is 4.79 Å². The highest BCUT2D eigenvalue weighted by Gasteiger charge is 2.17. The summed E-state index contributed by atoms with van der Waals surface area (Å²) in [5, 5.41) is 0. The van der Waals surface area contributed by atoms with Crippen LogP contribution in [0.2, 0.25) is 0 Å². The van der Waals surface area contributed by atoms with Crippen LogP contribution < -0.4 is 0 Å². The summed E-state index contributed by atoms with van der Waals surface area (Å²) in [5.74, 6) is 0.507. The summed E-state index contributed by atoms with van der Waals surface area (Å²) in [6.45, 7) is 4.32. The fourth-order valence-electron chi connectivity index (χ4n) is 2.12. The summed E-state index contributed by atoms with van der Waals surface area (Å²) in [7, 11) is 0. The van der Waals surface area contributed by atoms with Crippen LogP contribution in [-0.2, 0) is 0 Å². The SMILES string of the molecule is CCCCCCC(CC)C(=O)c1cc[c]cc1. The first-order valence-corrected chi connectivity index (χ1v) is 6.79. The van der Waals surface area contributed by atoms with Crippen LogP contribution in [0.15, 0.2) is 24.3 Å². The Balaban J connectivity index is 2.47. The number of Topliss-reactive ketones (excluding diaryl/α,β-unsaturated/α-hetero) is 1. The summed E-state index contributed by atoms with van der Waals surface area (Å²) in [6.07, 6.45) is 6.95. The van der Waals surface area contributed by atoms with Crippen LogP contribution in [0.5, 0.6) is 0 Å². The maximum absolute atomic E-state index is 12.2. The van der Waals surface area contributed by atoms with E-state index in [1.54, 1.807) is 0 Å². The van der Waals surface area contributed by atoms with Crippen LogP contribution in [0.25, 0.3) is 0 Å². The van der Waals surface area contributed by atoms with Gasteiger partial charge in [-0.15, -0.1) is 0 Å². The lowest BCUT2D eigenvalue weighted by Crippen LogP contribution is -2.13. The van der Waals surface area contributed by atoms with Crippen molar-refractivity contribution in [3.63, 3.8) is 0 Å². The number of rotatable bonds is 8. The van der Waals surface area contributed by atoms with Crippen molar-refractivity contribution in [3.05, 3.63) is 35.9 Å². The van der Waals surface area contributed by atoms with E-state index < -0.39 is 0 Å². The number of hydrogen-bond acceptors (Lipinski definition) is 1. The maximum atomic E-state index is 12.2. The largest absolute Gasteiger partial charge is 0.294 e. The molecule has 0 saturated heterocycles. The van der Waals surface area contributed by atoms with Crippen molar-refractivity contribution in [1.29, 1.82) is 0 Å². The molecular formula is C16H23O. The average molecular weight is 231 g/mol. The van der Waals surface area contributed by atoms with Crippen molar-refractivity contribution >= 4 is 5.78 Å². The molecule has 1 rings (SSSR count). The fraction of sp³-hybridized carbons (Fsp3) is 0.562. The molecule has 0 aliphatic heterocycles. The lowest BCUT2D eigenvalue weighted by Gasteiger charge is -2.13. The molecular weight excluding hydrogens is 208 g/mol. The van der Waals surface area contributed by atoms with Gasteiger partial charge in [0.1, 0.15) is 0 Å². The zero-order chi connectivity index (χ0) is 12.5. The van der Waals surface area contributed by atoms with E-state index in [0.717, 1.165) is 18.4 Å². The summed E-state index contributed by atoms with van der Waals surface area (Å²) >= 11 is 0. The quantitative estimate of drug-likeness (QED) is 0.469. The molecule has 0 aliphatic rings. The predicted molar refractivity (Wildman–Crippen MR) is 72.1 cm³/mol. The fourth-order valence-corrected chi connectivity index (χ4v) is 2.12. The Bertz CT molecular complexity index is 316. The summed E-state index contributed by atoms with van der Waals surface area (Å²) in [5.41, 5.74) is 0.839. The summed E-state index contributed by atoms with van der Waals surface area (Å²) in [4.78, 5) is 12.2. The van der Waals surface area contributed by atoms with Gasteiger partial charge in [0.2, 0.25) is 0 Å². The van der Waals surface area contributed by atoms with Crippen molar-refractivity contribution in [2.45, 2.75) is 52.4 Å². The lowest BCUT2D eigenvalue weighted by molar-refractivity contribution is 0.0908. The van der Waals surface area contributed by atoms with Crippen LogP contribution in [0, 0.1) is 12.0 Å². The number of carbonyl (C=O) groups is 1. The van der Waals surface area contributed by atoms with Crippen LogP contribution >= 0.6 is 0 Å². The number of unbranched alkanes of at least 4 members (excludes halogenated alkanes) is 3. The van der Waals surface area contributed by atoms with E-state index in [2.05, 4.69) is 19.9 Å². The van der Waals surface area contributed by atoms with E-state index in [1.807, 2.05) is 24.3 Å². The van der Waals surface area contributed by atoms with Gasteiger partial charge in [-0.3, -0.25) is 4.79 Å². The Labute approximate surface area is 105 Å². The standard InChI is InChI=1S/C16H23O/c1-3-5-6-8-11-14(4-2)16(17)15-12-9-7-10-13-15/h9-10,12-14H,3-6,8,11H2,1-2H3. The van der Waals surface area contributed by atoms with E-state index in [0.29, 0.717) is 5.78 Å². The van der Waals surface area contributed by atoms with Gasteiger partial charge >= 0.3 is 0 Å². The summed E-state index contributed by atoms with van der Waals surface area (Å²) in [6, 6.07) is 10.3. The molecule has 1 unspecified atom stereocenters. The second-order valence-electron chi connectivity index (χ2n) is 4.61. The molecule has 0 fully saturated rings. The van der Waals surface area contributed by atoms with Gasteiger partial charge in [-0.05, 0) is 18.9 Å². The second kappa shape index (κ2) is 8.05. The zero-order valence-corrected chi connectivity index (χ0v) is 11.0. The number of carbonyl (C=O) groups excluding carboxylic acids is 1. The van der Waals surface area contributed by atoms with Crippen molar-refractivity contribution in [3.8, 4) is 0 Å². The first-order chi connectivity index (χ1) is 8.29. The minimum atomic E-state index is 0.203. The van der Waals surface area contributed by atoms with E-state index >= 15 is 0 Å². The minimum absolute atomic E-state index is 0.203. The molecule has 1 aromatic carbocycles. The maximum Gasteiger partial charge on any atom is 0.165 e. The van der Waals surface area contributed by atoms with Gasteiger partial charge in [0.05, 0.1) is 0 Å². The normalized spacial score (nSPS) is 12.4. The molecule has 0 amide bonds. The van der Waals surface area contributed by atoms with Gasteiger partial charge < -0.3 is 0 Å². The molecule has 0 spiro atoms. The van der Waals surface area contributed by atoms with Gasteiger partial charge in [0, 0.05) is 11.5 Å². The molecule has 0 bridgehead atoms. The summed E-state index contributed by atoms with van der Waals surface area (Å²) < 4.78 is 0. The van der Waals surface area contributed by atoms with Gasteiger partial charge in [-0.1, -0.05) is 63.8 Å². The molecule has 1 heteroatoms. The number of ketones is 1. The molecule has 1 nitrogen and oxygen atoms in total. The van der Waals surface area contributed by atoms with Crippen molar-refractivity contribution in [2.24, 2.45) is 5.92 Å². The molecule has 0 heterocycles. The predicted octanol–water partition coefficient (Wildman–Crippen LogP) is 4.67. The monoisotopic (exact) mass is 231 g/mol. The molecule has 1 atom stereocenters. The van der Waals surface area contributed by atoms with Gasteiger partial charge in [-0.25, -0.2) is 0 Å². The molecule has 0 saturated carbocycles. The Hall–Kier alpha value is -1.11. The number of benzene rings is 1. The van der Waals surface area contributed by atoms with Crippen LogP contribution in [0.1, 0.15) is 62.7 Å². The smallest absolute Gasteiger partial charge is 0.165 e. The Morgan fingerprint density at radius 2 is 1.88 bits per heavy atom. The van der Waals surface area contributed by atoms with E-state index in [-0.39, 0.29) is 5.92 Å². The molecule has 0 N–H and O–H groups in total. The topological polar surface area (TPSA) is 17.1 Å². The Morgan fingerprint density at radius 3 is 2.47 bits per heavy atom. The molecule has 1 radical (unpaired) electrons. The van der Waals surface area contributed by atoms with E-state index in [4.69, 9.17) is 0 Å². The first kappa shape index (κ1) is 14.0.